The Balaban J connectivity index is 2.49. The summed E-state index contributed by atoms with van der Waals surface area (Å²) in [4.78, 5) is 25.9. The molecular formula is C10H11NO5. The number of nitrogens with one attached hydrogen (secondary N) is 1. The lowest BCUT2D eigenvalue weighted by molar-refractivity contribution is -0.137. The summed E-state index contributed by atoms with van der Waals surface area (Å²) in [6, 6.07) is 6.24. The standard InChI is InChI=1S/C10H11NO5/c1-15-8-4-2-7(3-5-8)10(14)16-11-6-9(12)13/h2-5,11H,6H2,1H3,(H,12,13). The first kappa shape index (κ1) is 12.0. The Labute approximate surface area is 91.7 Å². The van der Waals surface area contributed by atoms with Crippen LogP contribution >= 0.6 is 0 Å². The van der Waals surface area contributed by atoms with Gasteiger partial charge in [0.2, 0.25) is 0 Å². The minimum absolute atomic E-state index is 0.304. The van der Waals surface area contributed by atoms with Crippen LogP contribution in [-0.2, 0) is 9.63 Å². The maximum absolute atomic E-state index is 11.3. The van der Waals surface area contributed by atoms with Crippen molar-refractivity contribution in [2.45, 2.75) is 0 Å². The van der Waals surface area contributed by atoms with Gasteiger partial charge in [0.25, 0.3) is 0 Å². The second kappa shape index (κ2) is 5.72. The second-order valence-electron chi connectivity index (χ2n) is 2.83. The average molecular weight is 225 g/mol. The summed E-state index contributed by atoms with van der Waals surface area (Å²) in [6.07, 6.45) is 0. The Kier molecular flexibility index (Phi) is 4.28. The van der Waals surface area contributed by atoms with Crippen molar-refractivity contribution in [3.8, 4) is 5.75 Å². The molecule has 0 radical (unpaired) electrons. The fourth-order valence-electron chi connectivity index (χ4n) is 0.949. The first-order chi connectivity index (χ1) is 7.63. The Hall–Kier alpha value is -2.08. The minimum Gasteiger partial charge on any atom is -0.497 e. The number of ether oxygens (including phenoxy) is 1. The summed E-state index contributed by atoms with van der Waals surface area (Å²) in [7, 11) is 1.52. The van der Waals surface area contributed by atoms with E-state index in [-0.39, 0.29) is 0 Å². The Bertz CT molecular complexity index is 373. The van der Waals surface area contributed by atoms with Gasteiger partial charge in [0.15, 0.2) is 0 Å². The smallest absolute Gasteiger partial charge is 0.356 e. The molecule has 0 unspecified atom stereocenters. The van der Waals surface area contributed by atoms with Crippen LogP contribution in [0, 0.1) is 0 Å². The molecule has 0 spiro atoms. The molecule has 0 aromatic heterocycles. The number of hydrogen-bond acceptors (Lipinski definition) is 5. The fraction of sp³-hybridized carbons (Fsp3) is 0.200. The number of aliphatic carboxylic acids is 1. The molecule has 0 atom stereocenters. The van der Waals surface area contributed by atoms with E-state index in [1.807, 2.05) is 5.48 Å². The second-order valence-corrected chi connectivity index (χ2v) is 2.83. The van der Waals surface area contributed by atoms with Gasteiger partial charge in [0, 0.05) is 0 Å². The molecule has 0 aliphatic heterocycles. The third-order valence-electron chi connectivity index (χ3n) is 1.71. The highest BCUT2D eigenvalue weighted by Gasteiger charge is 2.07. The molecule has 1 aromatic rings. The number of carbonyl (C=O) groups excluding carboxylic acids is 1. The Morgan fingerprint density at radius 3 is 2.44 bits per heavy atom. The predicted octanol–water partition coefficient (Wildman–Crippen LogP) is 0.441. The predicted molar refractivity (Wildman–Crippen MR) is 54.0 cm³/mol. The zero-order chi connectivity index (χ0) is 12.0. The van der Waals surface area contributed by atoms with E-state index in [1.165, 1.54) is 19.2 Å². The minimum atomic E-state index is -1.11. The Morgan fingerprint density at radius 1 is 1.31 bits per heavy atom. The van der Waals surface area contributed by atoms with Crippen molar-refractivity contribution in [2.75, 3.05) is 13.7 Å². The number of methoxy groups -OCH3 is 1. The summed E-state index contributed by atoms with van der Waals surface area (Å²) in [5, 5.41) is 8.29. The van der Waals surface area contributed by atoms with Crippen LogP contribution in [0.4, 0.5) is 0 Å². The molecule has 0 amide bonds. The lowest BCUT2D eigenvalue weighted by atomic mass is 10.2. The zero-order valence-electron chi connectivity index (χ0n) is 8.60. The molecule has 0 fully saturated rings. The van der Waals surface area contributed by atoms with Gasteiger partial charge in [-0.2, -0.15) is 0 Å². The quantitative estimate of drug-likeness (QED) is 0.707. The third kappa shape index (κ3) is 3.58. The summed E-state index contributed by atoms with van der Waals surface area (Å²) in [5.74, 6) is -1.14. The van der Waals surface area contributed by atoms with Gasteiger partial charge in [-0.25, -0.2) is 4.79 Å². The molecule has 0 bridgehead atoms. The van der Waals surface area contributed by atoms with Gasteiger partial charge < -0.3 is 14.7 Å². The first-order valence-electron chi connectivity index (χ1n) is 4.43. The molecule has 1 rings (SSSR count). The molecule has 2 N–H and O–H groups in total. The van der Waals surface area contributed by atoms with E-state index in [4.69, 9.17) is 9.84 Å². The summed E-state index contributed by atoms with van der Waals surface area (Å²) in [5.41, 5.74) is 2.34. The SMILES string of the molecule is COc1ccc(C(=O)ONCC(=O)O)cc1. The first-order valence-corrected chi connectivity index (χ1v) is 4.43. The van der Waals surface area contributed by atoms with Gasteiger partial charge in [-0.15, -0.1) is 5.48 Å². The van der Waals surface area contributed by atoms with Crippen molar-refractivity contribution in [1.82, 2.24) is 5.48 Å². The summed E-state index contributed by atoms with van der Waals surface area (Å²) in [6.45, 7) is -0.443. The number of carboxylic acid groups (broad SMARTS) is 1. The van der Waals surface area contributed by atoms with E-state index in [1.54, 1.807) is 12.1 Å². The monoisotopic (exact) mass is 225 g/mol. The molecule has 0 saturated carbocycles. The van der Waals surface area contributed by atoms with Gasteiger partial charge in [-0.05, 0) is 24.3 Å². The molecule has 0 aliphatic carbocycles. The normalized spacial score (nSPS) is 9.56. The van der Waals surface area contributed by atoms with Gasteiger partial charge in [-0.3, -0.25) is 4.79 Å². The third-order valence-corrected chi connectivity index (χ3v) is 1.71. The van der Waals surface area contributed by atoms with Gasteiger partial charge >= 0.3 is 11.9 Å². The molecule has 0 saturated heterocycles. The van der Waals surface area contributed by atoms with Crippen LogP contribution in [0.5, 0.6) is 5.75 Å². The van der Waals surface area contributed by atoms with Crippen LogP contribution in [0.2, 0.25) is 0 Å². The molecule has 0 heterocycles. The van der Waals surface area contributed by atoms with Crippen LogP contribution < -0.4 is 10.2 Å². The van der Waals surface area contributed by atoms with Crippen molar-refractivity contribution in [1.29, 1.82) is 0 Å². The molecule has 0 aliphatic rings. The topological polar surface area (TPSA) is 84.9 Å². The lowest BCUT2D eigenvalue weighted by Gasteiger charge is -2.04. The molecule has 86 valence electrons. The number of hydrogen-bond donors (Lipinski definition) is 2. The van der Waals surface area contributed by atoms with Crippen LogP contribution in [0.3, 0.4) is 0 Å². The van der Waals surface area contributed by atoms with Crippen molar-refractivity contribution < 1.29 is 24.3 Å². The van der Waals surface area contributed by atoms with Crippen molar-refractivity contribution in [2.24, 2.45) is 0 Å². The fourth-order valence-corrected chi connectivity index (χ4v) is 0.949. The molecule has 16 heavy (non-hydrogen) atoms. The van der Waals surface area contributed by atoms with E-state index < -0.39 is 18.5 Å². The van der Waals surface area contributed by atoms with Crippen LogP contribution in [0.1, 0.15) is 10.4 Å². The van der Waals surface area contributed by atoms with Crippen molar-refractivity contribution in [3.05, 3.63) is 29.8 Å². The van der Waals surface area contributed by atoms with Gasteiger partial charge in [-0.1, -0.05) is 0 Å². The van der Waals surface area contributed by atoms with Gasteiger partial charge in [0.05, 0.1) is 12.7 Å². The largest absolute Gasteiger partial charge is 0.497 e. The van der Waals surface area contributed by atoms with E-state index in [9.17, 15) is 9.59 Å². The molecular weight excluding hydrogens is 214 g/mol. The molecule has 6 heteroatoms. The number of rotatable bonds is 5. The van der Waals surface area contributed by atoms with E-state index in [2.05, 4.69) is 4.84 Å². The number of benzene rings is 1. The summed E-state index contributed by atoms with van der Waals surface area (Å²) >= 11 is 0. The maximum Gasteiger partial charge on any atom is 0.356 e. The highest BCUT2D eigenvalue weighted by atomic mass is 16.7. The van der Waals surface area contributed by atoms with Crippen LogP contribution in [0.25, 0.3) is 0 Å². The van der Waals surface area contributed by atoms with E-state index >= 15 is 0 Å². The average Bonchev–Trinajstić information content (AvgIpc) is 2.28. The van der Waals surface area contributed by atoms with Crippen LogP contribution in [0.15, 0.2) is 24.3 Å². The van der Waals surface area contributed by atoms with Gasteiger partial charge in [0.1, 0.15) is 12.3 Å². The number of hydroxylamine groups is 1. The number of carbonyl (C=O) groups is 2. The molecule has 1 aromatic carbocycles. The highest BCUT2D eigenvalue weighted by molar-refractivity contribution is 5.89. The zero-order valence-corrected chi connectivity index (χ0v) is 8.60. The van der Waals surface area contributed by atoms with Crippen molar-refractivity contribution in [3.63, 3.8) is 0 Å². The van der Waals surface area contributed by atoms with E-state index in [0.717, 1.165) is 0 Å². The van der Waals surface area contributed by atoms with Crippen molar-refractivity contribution >= 4 is 11.9 Å². The Morgan fingerprint density at radius 2 is 1.94 bits per heavy atom. The molecule has 6 nitrogen and oxygen atoms in total. The maximum atomic E-state index is 11.3. The summed E-state index contributed by atoms with van der Waals surface area (Å²) < 4.78 is 4.92. The highest BCUT2D eigenvalue weighted by Crippen LogP contribution is 2.11. The number of carboxylic acids is 1. The van der Waals surface area contributed by atoms with Crippen LogP contribution in [-0.4, -0.2) is 30.7 Å². The van der Waals surface area contributed by atoms with E-state index in [0.29, 0.717) is 11.3 Å². The lowest BCUT2D eigenvalue weighted by Crippen LogP contribution is -2.26.